The summed E-state index contributed by atoms with van der Waals surface area (Å²) in [5.41, 5.74) is 3.41. The number of aromatic carboxylic acids is 1. The zero-order valence-electron chi connectivity index (χ0n) is 20.0. The third-order valence-electron chi connectivity index (χ3n) is 5.46. The number of carboxylic acid groups (broad SMARTS) is 1. The highest BCUT2D eigenvalue weighted by Gasteiger charge is 2.18. The van der Waals surface area contributed by atoms with Crippen LogP contribution in [0, 0.1) is 5.82 Å². The number of aromatic nitrogens is 2. The van der Waals surface area contributed by atoms with E-state index in [0.29, 0.717) is 41.5 Å². The Labute approximate surface area is 207 Å². The van der Waals surface area contributed by atoms with Gasteiger partial charge in [-0.25, -0.2) is 9.18 Å². The van der Waals surface area contributed by atoms with Crippen LogP contribution in [0.1, 0.15) is 40.6 Å². The molecule has 0 radical (unpaired) electrons. The van der Waals surface area contributed by atoms with E-state index in [4.69, 9.17) is 14.1 Å². The molecular weight excluding hydrogens is 465 g/mol. The topological polar surface area (TPSA) is 99.1 Å². The van der Waals surface area contributed by atoms with Gasteiger partial charge in [0.1, 0.15) is 29.6 Å². The van der Waals surface area contributed by atoms with E-state index in [1.54, 1.807) is 36.1 Å². The molecule has 0 aliphatic rings. The monoisotopic (exact) mass is 491 g/mol. The van der Waals surface area contributed by atoms with Gasteiger partial charge in [-0.2, -0.15) is 0 Å². The number of benzene rings is 2. The van der Waals surface area contributed by atoms with Crippen molar-refractivity contribution in [2.75, 3.05) is 13.7 Å². The van der Waals surface area contributed by atoms with Crippen molar-refractivity contribution in [3.63, 3.8) is 0 Å². The number of rotatable bonds is 11. The van der Waals surface area contributed by atoms with Crippen LogP contribution in [-0.4, -0.2) is 40.2 Å². The van der Waals surface area contributed by atoms with Gasteiger partial charge < -0.3 is 23.8 Å². The van der Waals surface area contributed by atoms with Gasteiger partial charge in [0.25, 0.3) is 0 Å². The Morgan fingerprint density at radius 1 is 1.17 bits per heavy atom. The molecule has 0 amide bonds. The zero-order valence-corrected chi connectivity index (χ0v) is 20.0. The summed E-state index contributed by atoms with van der Waals surface area (Å²) < 4.78 is 25.9. The van der Waals surface area contributed by atoms with Gasteiger partial charge >= 0.3 is 5.97 Å². The highest BCUT2D eigenvalue weighted by molar-refractivity contribution is 5.98. The molecule has 0 saturated heterocycles. The van der Waals surface area contributed by atoms with Crippen molar-refractivity contribution in [3.05, 3.63) is 95.3 Å². The first kappa shape index (κ1) is 24.7. The summed E-state index contributed by atoms with van der Waals surface area (Å²) in [6.45, 7) is 2.58. The van der Waals surface area contributed by atoms with E-state index in [2.05, 4.69) is 10.3 Å². The van der Waals surface area contributed by atoms with E-state index in [9.17, 15) is 14.3 Å². The molecule has 0 aliphatic carbocycles. The van der Waals surface area contributed by atoms with Gasteiger partial charge in [0.15, 0.2) is 5.76 Å². The van der Waals surface area contributed by atoms with Crippen LogP contribution in [0.4, 0.5) is 4.39 Å². The Morgan fingerprint density at radius 3 is 2.69 bits per heavy atom. The Hall–Kier alpha value is -4.40. The smallest absolute Gasteiger partial charge is 0.337 e. The van der Waals surface area contributed by atoms with Gasteiger partial charge in [0.05, 0.1) is 19.2 Å². The van der Waals surface area contributed by atoms with Crippen LogP contribution in [0.2, 0.25) is 0 Å². The lowest BCUT2D eigenvalue weighted by Crippen LogP contribution is -2.11. The largest absolute Gasteiger partial charge is 0.497 e. The van der Waals surface area contributed by atoms with Crippen LogP contribution < -0.4 is 4.74 Å². The van der Waals surface area contributed by atoms with Gasteiger partial charge in [0, 0.05) is 24.0 Å². The SMILES string of the molecule is CCCO/N=C(\Cn1cc(Cc2ccc(F)cc2)c(C(=O)O)c1)c1cc(-c2cccc(OC)c2)no1. The van der Waals surface area contributed by atoms with Crippen molar-refractivity contribution >= 4 is 11.7 Å². The molecule has 9 heteroatoms. The molecule has 0 bridgehead atoms. The van der Waals surface area contributed by atoms with E-state index in [1.165, 1.54) is 18.3 Å². The summed E-state index contributed by atoms with van der Waals surface area (Å²) in [6.07, 6.45) is 4.39. The van der Waals surface area contributed by atoms with Crippen molar-refractivity contribution < 1.29 is 28.4 Å². The minimum absolute atomic E-state index is 0.155. The number of nitrogens with zero attached hydrogens (tertiary/aromatic N) is 3. The number of carbonyl (C=O) groups is 1. The number of halogens is 1. The molecule has 0 spiro atoms. The third kappa shape index (κ3) is 5.99. The van der Waals surface area contributed by atoms with Crippen LogP contribution in [0.15, 0.2) is 76.7 Å². The fraction of sp³-hybridized carbons (Fsp3) is 0.222. The molecule has 4 aromatic rings. The fourth-order valence-corrected chi connectivity index (χ4v) is 3.67. The fourth-order valence-electron chi connectivity index (χ4n) is 3.67. The van der Waals surface area contributed by atoms with Crippen molar-refractivity contribution in [1.82, 2.24) is 9.72 Å². The van der Waals surface area contributed by atoms with E-state index >= 15 is 0 Å². The summed E-state index contributed by atoms with van der Waals surface area (Å²) in [7, 11) is 1.59. The maximum absolute atomic E-state index is 13.3. The first-order valence-electron chi connectivity index (χ1n) is 11.4. The zero-order chi connectivity index (χ0) is 25.5. The highest BCUT2D eigenvalue weighted by atomic mass is 19.1. The Kier molecular flexibility index (Phi) is 7.79. The van der Waals surface area contributed by atoms with E-state index in [1.807, 2.05) is 31.2 Å². The molecule has 2 aromatic carbocycles. The van der Waals surface area contributed by atoms with Crippen LogP contribution >= 0.6 is 0 Å². The number of hydrogen-bond donors (Lipinski definition) is 1. The molecule has 0 saturated carbocycles. The van der Waals surface area contributed by atoms with E-state index in [-0.39, 0.29) is 17.9 Å². The second-order valence-electron chi connectivity index (χ2n) is 8.16. The summed E-state index contributed by atoms with van der Waals surface area (Å²) in [5.74, 6) is -0.302. The molecule has 0 fully saturated rings. The van der Waals surface area contributed by atoms with Crippen LogP contribution in [0.3, 0.4) is 0 Å². The lowest BCUT2D eigenvalue weighted by atomic mass is 10.0. The average molecular weight is 492 g/mol. The number of methoxy groups -OCH3 is 1. The number of ether oxygens (including phenoxy) is 1. The molecular formula is C27H26FN3O5. The third-order valence-corrected chi connectivity index (χ3v) is 5.46. The van der Waals surface area contributed by atoms with Crippen molar-refractivity contribution in [1.29, 1.82) is 0 Å². The molecule has 1 N–H and O–H groups in total. The number of carboxylic acids is 1. The molecule has 0 atom stereocenters. The Balaban J connectivity index is 1.62. The quantitative estimate of drug-likeness (QED) is 0.171. The average Bonchev–Trinajstić information content (AvgIpc) is 3.53. The first-order chi connectivity index (χ1) is 17.5. The van der Waals surface area contributed by atoms with E-state index < -0.39 is 5.97 Å². The number of hydrogen-bond acceptors (Lipinski definition) is 6. The molecule has 0 aliphatic heterocycles. The second kappa shape index (κ2) is 11.4. The molecule has 36 heavy (non-hydrogen) atoms. The lowest BCUT2D eigenvalue weighted by molar-refractivity contribution is 0.0696. The van der Waals surface area contributed by atoms with Crippen LogP contribution in [0.25, 0.3) is 11.3 Å². The first-order valence-corrected chi connectivity index (χ1v) is 11.4. The van der Waals surface area contributed by atoms with Gasteiger partial charge in [0.2, 0.25) is 0 Å². The van der Waals surface area contributed by atoms with Crippen molar-refractivity contribution in [2.24, 2.45) is 5.16 Å². The summed E-state index contributed by atoms with van der Waals surface area (Å²) in [5, 5.41) is 18.1. The summed E-state index contributed by atoms with van der Waals surface area (Å²) >= 11 is 0. The molecule has 186 valence electrons. The van der Waals surface area contributed by atoms with Gasteiger partial charge in [-0.05, 0) is 48.2 Å². The maximum Gasteiger partial charge on any atom is 0.337 e. The molecule has 2 heterocycles. The van der Waals surface area contributed by atoms with Gasteiger partial charge in [-0.1, -0.05) is 41.5 Å². The standard InChI is InChI=1S/C27H26FN3O5/c1-3-11-35-29-25(26-14-24(30-36-26)19-5-4-6-22(13-19)34-2)17-31-15-20(23(16-31)27(32)33)12-18-7-9-21(28)10-8-18/h4-10,13-16H,3,11-12,17H2,1-2H3,(H,32,33)/b29-25+. The van der Waals surface area contributed by atoms with Gasteiger partial charge in [-0.15, -0.1) is 0 Å². The molecule has 4 rings (SSSR count). The highest BCUT2D eigenvalue weighted by Crippen LogP contribution is 2.24. The molecule has 8 nitrogen and oxygen atoms in total. The number of oxime groups is 1. The summed E-state index contributed by atoms with van der Waals surface area (Å²) in [6, 6.07) is 15.2. The lowest BCUT2D eigenvalue weighted by Gasteiger charge is -2.05. The Bertz CT molecular complexity index is 1360. The minimum atomic E-state index is -1.05. The maximum atomic E-state index is 13.3. The summed E-state index contributed by atoms with van der Waals surface area (Å²) in [4.78, 5) is 17.3. The van der Waals surface area contributed by atoms with Crippen molar-refractivity contribution in [2.45, 2.75) is 26.3 Å². The molecule has 2 aromatic heterocycles. The van der Waals surface area contributed by atoms with Crippen LogP contribution in [-0.2, 0) is 17.8 Å². The van der Waals surface area contributed by atoms with Gasteiger partial charge in [-0.3, -0.25) is 0 Å². The minimum Gasteiger partial charge on any atom is -0.497 e. The predicted octanol–water partition coefficient (Wildman–Crippen LogP) is 5.41. The normalized spacial score (nSPS) is 11.5. The van der Waals surface area contributed by atoms with Crippen molar-refractivity contribution in [3.8, 4) is 17.0 Å². The molecule has 0 unspecified atom stereocenters. The predicted molar refractivity (Wildman–Crippen MR) is 132 cm³/mol. The van der Waals surface area contributed by atoms with E-state index in [0.717, 1.165) is 17.5 Å². The second-order valence-corrected chi connectivity index (χ2v) is 8.16. The van der Waals surface area contributed by atoms with Crippen LogP contribution in [0.5, 0.6) is 5.75 Å². The Morgan fingerprint density at radius 2 is 1.97 bits per heavy atom.